The average Bonchev–Trinajstić information content (AvgIpc) is 2.52. The Hall–Kier alpha value is -1.81. The molecule has 0 unspecified atom stereocenters. The average molecular weight is 288 g/mol. The highest BCUT2D eigenvalue weighted by Crippen LogP contribution is 2.27. The maximum Gasteiger partial charge on any atom is 0.255 e. The van der Waals surface area contributed by atoms with Crippen LogP contribution in [-0.2, 0) is 0 Å². The van der Waals surface area contributed by atoms with Crippen LogP contribution >= 0.6 is 0 Å². The second-order valence-corrected chi connectivity index (χ2v) is 5.84. The van der Waals surface area contributed by atoms with Crippen LogP contribution in [0.15, 0.2) is 36.9 Å². The molecular weight excluding hydrogens is 264 g/mol. The number of piperidine rings is 1. The van der Waals surface area contributed by atoms with Gasteiger partial charge in [-0.05, 0) is 43.5 Å². The van der Waals surface area contributed by atoms with E-state index in [4.69, 9.17) is 4.74 Å². The lowest BCUT2D eigenvalue weighted by Gasteiger charge is -2.34. The van der Waals surface area contributed by atoms with Crippen molar-refractivity contribution in [2.75, 3.05) is 26.2 Å². The number of carbonyl (C=O) groups excluding carboxylic acids is 1. The molecule has 1 amide bonds. The van der Waals surface area contributed by atoms with Crippen LogP contribution in [0.5, 0.6) is 5.75 Å². The summed E-state index contributed by atoms with van der Waals surface area (Å²) >= 11 is 0. The van der Waals surface area contributed by atoms with E-state index in [1.54, 1.807) is 12.1 Å². The molecule has 0 atom stereocenters. The molecule has 4 heteroatoms. The molecule has 4 nitrogen and oxygen atoms in total. The fourth-order valence-electron chi connectivity index (χ4n) is 2.52. The van der Waals surface area contributed by atoms with E-state index in [2.05, 4.69) is 24.1 Å². The molecule has 1 aromatic carbocycles. The Morgan fingerprint density at radius 3 is 2.86 bits per heavy atom. The second kappa shape index (κ2) is 7.27. The van der Waals surface area contributed by atoms with Crippen molar-refractivity contribution in [2.45, 2.75) is 19.8 Å². The molecule has 1 saturated heterocycles. The summed E-state index contributed by atoms with van der Waals surface area (Å²) in [7, 11) is 0. The Labute approximate surface area is 126 Å². The van der Waals surface area contributed by atoms with E-state index in [0.717, 1.165) is 25.9 Å². The summed E-state index contributed by atoms with van der Waals surface area (Å²) in [6.07, 6.45) is 3.84. The van der Waals surface area contributed by atoms with E-state index in [0.29, 0.717) is 24.5 Å². The number of para-hydroxylation sites is 1. The number of hydrogen-bond acceptors (Lipinski definition) is 3. The summed E-state index contributed by atoms with van der Waals surface area (Å²) in [5.74, 6) is 0.528. The van der Waals surface area contributed by atoms with Crippen LogP contribution in [0.3, 0.4) is 0 Å². The third-order valence-electron chi connectivity index (χ3n) is 3.97. The van der Waals surface area contributed by atoms with E-state index >= 15 is 0 Å². The Morgan fingerprint density at radius 1 is 1.43 bits per heavy atom. The van der Waals surface area contributed by atoms with Crippen molar-refractivity contribution < 1.29 is 9.53 Å². The molecule has 0 bridgehead atoms. The lowest BCUT2D eigenvalue weighted by molar-refractivity contribution is 0.0918. The Bertz CT molecular complexity index is 493. The van der Waals surface area contributed by atoms with Crippen LogP contribution in [-0.4, -0.2) is 32.1 Å². The zero-order chi connectivity index (χ0) is 15.1. The zero-order valence-corrected chi connectivity index (χ0v) is 12.7. The second-order valence-electron chi connectivity index (χ2n) is 5.84. The van der Waals surface area contributed by atoms with Gasteiger partial charge in [-0.25, -0.2) is 0 Å². The lowest BCUT2D eigenvalue weighted by atomic mass is 9.81. The van der Waals surface area contributed by atoms with Gasteiger partial charge >= 0.3 is 0 Å². The molecule has 1 heterocycles. The van der Waals surface area contributed by atoms with Crippen LogP contribution < -0.4 is 15.4 Å². The predicted octanol–water partition coefficient (Wildman–Crippen LogP) is 2.37. The van der Waals surface area contributed by atoms with Crippen molar-refractivity contribution >= 4 is 5.91 Å². The van der Waals surface area contributed by atoms with Gasteiger partial charge in [0, 0.05) is 6.54 Å². The number of amides is 1. The van der Waals surface area contributed by atoms with Gasteiger partial charge < -0.3 is 15.4 Å². The van der Waals surface area contributed by atoms with Gasteiger partial charge in [0.05, 0.1) is 5.56 Å². The topological polar surface area (TPSA) is 50.4 Å². The molecule has 114 valence electrons. The van der Waals surface area contributed by atoms with E-state index in [-0.39, 0.29) is 11.3 Å². The molecule has 2 rings (SSSR count). The van der Waals surface area contributed by atoms with Gasteiger partial charge in [0.2, 0.25) is 0 Å². The van der Waals surface area contributed by atoms with Crippen LogP contribution in [0.1, 0.15) is 30.1 Å². The molecule has 2 N–H and O–H groups in total. The number of nitrogens with one attached hydrogen (secondary N) is 2. The fourth-order valence-corrected chi connectivity index (χ4v) is 2.52. The highest BCUT2D eigenvalue weighted by molar-refractivity contribution is 5.96. The van der Waals surface area contributed by atoms with Crippen molar-refractivity contribution in [3.8, 4) is 5.75 Å². The minimum absolute atomic E-state index is 0.0746. The van der Waals surface area contributed by atoms with E-state index in [9.17, 15) is 4.79 Å². The van der Waals surface area contributed by atoms with Crippen molar-refractivity contribution in [3.63, 3.8) is 0 Å². The number of carbonyl (C=O) groups is 1. The molecule has 1 aromatic rings. The highest BCUT2D eigenvalue weighted by Gasteiger charge is 2.27. The van der Waals surface area contributed by atoms with Crippen molar-refractivity contribution in [1.29, 1.82) is 0 Å². The molecule has 21 heavy (non-hydrogen) atoms. The molecule has 1 aliphatic rings. The van der Waals surface area contributed by atoms with Crippen LogP contribution in [0.25, 0.3) is 0 Å². The molecular formula is C17H24N2O2. The van der Waals surface area contributed by atoms with Crippen LogP contribution in [0.2, 0.25) is 0 Å². The van der Waals surface area contributed by atoms with Gasteiger partial charge in [0.15, 0.2) is 0 Å². The van der Waals surface area contributed by atoms with E-state index in [1.165, 1.54) is 0 Å². The molecule has 0 spiro atoms. The lowest BCUT2D eigenvalue weighted by Crippen LogP contribution is -2.42. The standard InChI is InChI=1S/C17H24N2O2/c1-3-12-21-15-7-5-4-6-14(15)16(20)19-13-17(2)8-10-18-11-9-17/h3-7,18H,1,8-13H2,2H3,(H,19,20). The van der Waals surface area contributed by atoms with Crippen LogP contribution in [0.4, 0.5) is 0 Å². The molecule has 1 fully saturated rings. The summed E-state index contributed by atoms with van der Waals surface area (Å²) in [6.45, 7) is 8.99. The van der Waals surface area contributed by atoms with Crippen LogP contribution in [0, 0.1) is 5.41 Å². The molecule has 0 aliphatic carbocycles. The molecule has 1 aliphatic heterocycles. The smallest absolute Gasteiger partial charge is 0.255 e. The van der Waals surface area contributed by atoms with Gasteiger partial charge in [-0.15, -0.1) is 0 Å². The minimum atomic E-state index is -0.0746. The zero-order valence-electron chi connectivity index (χ0n) is 12.7. The van der Waals surface area contributed by atoms with Gasteiger partial charge in [-0.2, -0.15) is 0 Å². The summed E-state index contributed by atoms with van der Waals surface area (Å²) in [6, 6.07) is 7.31. The largest absolute Gasteiger partial charge is 0.489 e. The van der Waals surface area contributed by atoms with Crippen molar-refractivity contribution in [1.82, 2.24) is 10.6 Å². The molecule has 0 aromatic heterocycles. The Balaban J connectivity index is 1.98. The maximum atomic E-state index is 12.4. The quantitative estimate of drug-likeness (QED) is 0.790. The number of ether oxygens (including phenoxy) is 1. The summed E-state index contributed by atoms with van der Waals surface area (Å²) in [5, 5.41) is 6.40. The first-order valence-corrected chi connectivity index (χ1v) is 7.46. The predicted molar refractivity (Wildman–Crippen MR) is 84.7 cm³/mol. The first kappa shape index (κ1) is 15.6. The third-order valence-corrected chi connectivity index (χ3v) is 3.97. The van der Waals surface area contributed by atoms with E-state index in [1.807, 2.05) is 18.2 Å². The summed E-state index contributed by atoms with van der Waals surface area (Å²) in [4.78, 5) is 12.4. The normalized spacial score (nSPS) is 17.0. The number of rotatable bonds is 6. The monoisotopic (exact) mass is 288 g/mol. The fraction of sp³-hybridized carbons (Fsp3) is 0.471. The first-order chi connectivity index (χ1) is 10.1. The number of hydrogen-bond donors (Lipinski definition) is 2. The van der Waals surface area contributed by atoms with Crippen molar-refractivity contribution in [3.05, 3.63) is 42.5 Å². The SMILES string of the molecule is C=CCOc1ccccc1C(=O)NCC1(C)CCNCC1. The highest BCUT2D eigenvalue weighted by atomic mass is 16.5. The van der Waals surface area contributed by atoms with Gasteiger partial charge in [0.25, 0.3) is 5.91 Å². The maximum absolute atomic E-state index is 12.4. The van der Waals surface area contributed by atoms with Gasteiger partial charge in [0.1, 0.15) is 12.4 Å². The van der Waals surface area contributed by atoms with Crippen molar-refractivity contribution in [2.24, 2.45) is 5.41 Å². The first-order valence-electron chi connectivity index (χ1n) is 7.46. The molecule has 0 saturated carbocycles. The Morgan fingerprint density at radius 2 is 2.14 bits per heavy atom. The minimum Gasteiger partial charge on any atom is -0.489 e. The number of benzene rings is 1. The summed E-state index contributed by atoms with van der Waals surface area (Å²) in [5.41, 5.74) is 0.759. The molecule has 0 radical (unpaired) electrons. The Kier molecular flexibility index (Phi) is 5.39. The van der Waals surface area contributed by atoms with Gasteiger partial charge in [-0.3, -0.25) is 4.79 Å². The summed E-state index contributed by atoms with van der Waals surface area (Å²) < 4.78 is 5.54. The van der Waals surface area contributed by atoms with E-state index < -0.39 is 0 Å². The third kappa shape index (κ3) is 4.33. The van der Waals surface area contributed by atoms with Gasteiger partial charge in [-0.1, -0.05) is 31.7 Å².